The number of anilines is 1. The summed E-state index contributed by atoms with van der Waals surface area (Å²) in [6.45, 7) is 2.45. The molecule has 2 N–H and O–H groups in total. The molecular formula is C18H17N3O. The van der Waals surface area contributed by atoms with Crippen molar-refractivity contribution in [1.82, 2.24) is 10.3 Å². The third-order valence-corrected chi connectivity index (χ3v) is 3.43. The Kier molecular flexibility index (Phi) is 4.01. The molecule has 0 bridgehead atoms. The Morgan fingerprint density at radius 2 is 1.91 bits per heavy atom. The molecule has 0 aliphatic rings. The van der Waals surface area contributed by atoms with Gasteiger partial charge < -0.3 is 5.32 Å². The first-order valence-electron chi connectivity index (χ1n) is 7.27. The SMILES string of the molecule is CCNC(=O)Nc1cc2c(-c3ccccc3)cccc2cn1. The molecule has 0 unspecified atom stereocenters. The number of hydrogen-bond acceptors (Lipinski definition) is 2. The van der Waals surface area contributed by atoms with Crippen LogP contribution in [0.15, 0.2) is 60.8 Å². The van der Waals surface area contributed by atoms with Gasteiger partial charge >= 0.3 is 6.03 Å². The van der Waals surface area contributed by atoms with Crippen molar-refractivity contribution >= 4 is 22.6 Å². The predicted molar refractivity (Wildman–Crippen MR) is 89.9 cm³/mol. The van der Waals surface area contributed by atoms with Crippen LogP contribution in [0, 0.1) is 0 Å². The molecule has 0 saturated carbocycles. The Morgan fingerprint density at radius 1 is 1.09 bits per heavy atom. The van der Waals surface area contributed by atoms with Crippen molar-refractivity contribution in [3.63, 3.8) is 0 Å². The van der Waals surface area contributed by atoms with Gasteiger partial charge in [-0.1, -0.05) is 48.5 Å². The average Bonchev–Trinajstić information content (AvgIpc) is 2.55. The third kappa shape index (κ3) is 2.91. The molecular weight excluding hydrogens is 274 g/mol. The van der Waals surface area contributed by atoms with Crippen molar-refractivity contribution in [2.24, 2.45) is 0 Å². The maximum absolute atomic E-state index is 11.6. The lowest BCUT2D eigenvalue weighted by Crippen LogP contribution is -2.28. The van der Waals surface area contributed by atoms with E-state index in [9.17, 15) is 4.79 Å². The lowest BCUT2D eigenvalue weighted by atomic mass is 9.99. The maximum Gasteiger partial charge on any atom is 0.320 e. The van der Waals surface area contributed by atoms with E-state index in [2.05, 4.69) is 33.8 Å². The molecule has 2 amide bonds. The minimum Gasteiger partial charge on any atom is -0.338 e. The molecule has 1 aromatic heterocycles. The number of nitrogens with zero attached hydrogens (tertiary/aromatic N) is 1. The van der Waals surface area contributed by atoms with Crippen molar-refractivity contribution in [2.75, 3.05) is 11.9 Å². The number of hydrogen-bond donors (Lipinski definition) is 2. The molecule has 0 atom stereocenters. The van der Waals surface area contributed by atoms with Gasteiger partial charge in [0.15, 0.2) is 0 Å². The number of benzene rings is 2. The van der Waals surface area contributed by atoms with E-state index in [4.69, 9.17) is 0 Å². The summed E-state index contributed by atoms with van der Waals surface area (Å²) in [5.74, 6) is 0.543. The minimum atomic E-state index is -0.244. The van der Waals surface area contributed by atoms with Crippen LogP contribution in [0.4, 0.5) is 10.6 Å². The van der Waals surface area contributed by atoms with Crippen LogP contribution in [0.5, 0.6) is 0 Å². The standard InChI is InChI=1S/C18H17N3O/c1-2-19-18(22)21-17-11-16-14(12-20-17)9-6-10-15(16)13-7-4-3-5-8-13/h3-12H,2H2,1H3,(H2,19,20,21,22). The molecule has 4 heteroatoms. The number of rotatable bonds is 3. The monoisotopic (exact) mass is 291 g/mol. The Bertz CT molecular complexity index is 800. The van der Waals surface area contributed by atoms with E-state index in [-0.39, 0.29) is 6.03 Å². The highest BCUT2D eigenvalue weighted by Gasteiger charge is 2.07. The number of urea groups is 1. The molecule has 110 valence electrons. The van der Waals surface area contributed by atoms with Gasteiger partial charge in [-0.25, -0.2) is 9.78 Å². The van der Waals surface area contributed by atoms with Crippen LogP contribution >= 0.6 is 0 Å². The predicted octanol–water partition coefficient (Wildman–Crippen LogP) is 4.04. The number of fused-ring (bicyclic) bond motifs is 1. The number of pyridine rings is 1. The van der Waals surface area contributed by atoms with E-state index in [0.29, 0.717) is 12.4 Å². The van der Waals surface area contributed by atoms with Gasteiger partial charge in [-0.2, -0.15) is 0 Å². The van der Waals surface area contributed by atoms with E-state index in [1.165, 1.54) is 0 Å². The van der Waals surface area contributed by atoms with Crippen molar-refractivity contribution < 1.29 is 4.79 Å². The van der Waals surface area contributed by atoms with Crippen LogP contribution in [0.25, 0.3) is 21.9 Å². The van der Waals surface area contributed by atoms with Crippen LogP contribution in [0.3, 0.4) is 0 Å². The van der Waals surface area contributed by atoms with Gasteiger partial charge in [-0.3, -0.25) is 5.32 Å². The van der Waals surface area contributed by atoms with Gasteiger partial charge in [0, 0.05) is 18.1 Å². The van der Waals surface area contributed by atoms with Gasteiger partial charge in [0.25, 0.3) is 0 Å². The Labute approximate surface area is 129 Å². The topological polar surface area (TPSA) is 54.0 Å². The average molecular weight is 291 g/mol. The molecule has 0 spiro atoms. The number of nitrogens with one attached hydrogen (secondary N) is 2. The number of amides is 2. The molecule has 3 aromatic rings. The van der Waals surface area contributed by atoms with Gasteiger partial charge in [-0.05, 0) is 29.5 Å². The quantitative estimate of drug-likeness (QED) is 0.765. The maximum atomic E-state index is 11.6. The van der Waals surface area contributed by atoms with Crippen LogP contribution in [-0.4, -0.2) is 17.6 Å². The zero-order chi connectivity index (χ0) is 15.4. The summed E-state index contributed by atoms with van der Waals surface area (Å²) in [4.78, 5) is 15.9. The van der Waals surface area contributed by atoms with Crippen LogP contribution in [0.2, 0.25) is 0 Å². The largest absolute Gasteiger partial charge is 0.338 e. The van der Waals surface area contributed by atoms with Crippen molar-refractivity contribution in [3.8, 4) is 11.1 Å². The highest BCUT2D eigenvalue weighted by Crippen LogP contribution is 2.29. The molecule has 0 fully saturated rings. The summed E-state index contributed by atoms with van der Waals surface area (Å²) < 4.78 is 0. The Morgan fingerprint density at radius 3 is 2.68 bits per heavy atom. The molecule has 1 heterocycles. The van der Waals surface area contributed by atoms with Crippen LogP contribution in [-0.2, 0) is 0 Å². The first kappa shape index (κ1) is 14.1. The van der Waals surface area contributed by atoms with E-state index >= 15 is 0 Å². The third-order valence-electron chi connectivity index (χ3n) is 3.43. The fourth-order valence-corrected chi connectivity index (χ4v) is 2.43. The summed E-state index contributed by atoms with van der Waals surface area (Å²) in [5, 5.41) is 7.56. The van der Waals surface area contributed by atoms with Crippen LogP contribution in [0.1, 0.15) is 6.92 Å². The zero-order valence-electron chi connectivity index (χ0n) is 12.3. The van der Waals surface area contributed by atoms with E-state index in [1.54, 1.807) is 6.20 Å². The second kappa shape index (κ2) is 6.26. The zero-order valence-corrected chi connectivity index (χ0v) is 12.3. The highest BCUT2D eigenvalue weighted by atomic mass is 16.2. The molecule has 0 radical (unpaired) electrons. The summed E-state index contributed by atoms with van der Waals surface area (Å²) in [6, 6.07) is 18.0. The minimum absolute atomic E-state index is 0.244. The van der Waals surface area contributed by atoms with Gasteiger partial charge in [0.05, 0.1) is 0 Å². The Balaban J connectivity index is 2.05. The summed E-state index contributed by atoms with van der Waals surface area (Å²) >= 11 is 0. The summed E-state index contributed by atoms with van der Waals surface area (Å²) in [7, 11) is 0. The molecule has 0 aliphatic heterocycles. The van der Waals surface area contributed by atoms with Crippen molar-refractivity contribution in [3.05, 3.63) is 60.8 Å². The molecule has 2 aromatic carbocycles. The van der Waals surface area contributed by atoms with Crippen molar-refractivity contribution in [2.45, 2.75) is 6.92 Å². The fraction of sp³-hybridized carbons (Fsp3) is 0.111. The first-order chi connectivity index (χ1) is 10.8. The van der Waals surface area contributed by atoms with Gasteiger partial charge in [-0.15, -0.1) is 0 Å². The summed E-state index contributed by atoms with van der Waals surface area (Å²) in [5.41, 5.74) is 2.27. The lowest BCUT2D eigenvalue weighted by molar-refractivity contribution is 0.252. The number of carbonyl (C=O) groups excluding carboxylic acids is 1. The smallest absolute Gasteiger partial charge is 0.320 e. The first-order valence-corrected chi connectivity index (χ1v) is 7.27. The lowest BCUT2D eigenvalue weighted by Gasteiger charge is -2.09. The van der Waals surface area contributed by atoms with Crippen molar-refractivity contribution in [1.29, 1.82) is 0 Å². The van der Waals surface area contributed by atoms with E-state index < -0.39 is 0 Å². The van der Waals surface area contributed by atoms with Gasteiger partial charge in [0.2, 0.25) is 0 Å². The molecule has 3 rings (SSSR count). The second-order valence-corrected chi connectivity index (χ2v) is 4.95. The number of aromatic nitrogens is 1. The summed E-state index contributed by atoms with van der Waals surface area (Å²) in [6.07, 6.45) is 1.78. The Hall–Kier alpha value is -2.88. The highest BCUT2D eigenvalue weighted by molar-refractivity contribution is 5.99. The molecule has 22 heavy (non-hydrogen) atoms. The van der Waals surface area contributed by atoms with E-state index in [1.807, 2.05) is 43.3 Å². The normalized spacial score (nSPS) is 10.4. The fourth-order valence-electron chi connectivity index (χ4n) is 2.43. The molecule has 0 aliphatic carbocycles. The molecule has 4 nitrogen and oxygen atoms in total. The molecule has 0 saturated heterocycles. The van der Waals surface area contributed by atoms with E-state index in [0.717, 1.165) is 21.9 Å². The van der Waals surface area contributed by atoms with Gasteiger partial charge in [0.1, 0.15) is 5.82 Å². The second-order valence-electron chi connectivity index (χ2n) is 4.95. The van der Waals surface area contributed by atoms with Crippen LogP contribution < -0.4 is 10.6 Å². The number of carbonyl (C=O) groups is 1.